The number of piperazine rings is 1. The van der Waals surface area contributed by atoms with E-state index in [9.17, 15) is 9.59 Å². The average Bonchev–Trinajstić information content (AvgIpc) is 3.26. The third kappa shape index (κ3) is 4.65. The summed E-state index contributed by atoms with van der Waals surface area (Å²) < 4.78 is 6.24. The molecule has 24 heavy (non-hydrogen) atoms. The number of carbonyl (C=O) groups excluding carboxylic acids is 2. The minimum absolute atomic E-state index is 0.0866. The van der Waals surface area contributed by atoms with E-state index in [0.29, 0.717) is 38.5 Å². The normalized spacial score (nSPS) is 21.3. The third-order valence-corrected chi connectivity index (χ3v) is 6.63. The van der Waals surface area contributed by atoms with Crippen LogP contribution < -0.4 is 0 Å². The number of carbonyl (C=O) groups is 2. The molecule has 0 saturated carbocycles. The Morgan fingerprint density at radius 2 is 2.00 bits per heavy atom. The van der Waals surface area contributed by atoms with Crippen molar-refractivity contribution in [3.8, 4) is 0 Å². The number of thiophene rings is 1. The Morgan fingerprint density at radius 3 is 2.62 bits per heavy atom. The Kier molecular flexibility index (Phi) is 6.43. The van der Waals surface area contributed by atoms with E-state index >= 15 is 0 Å². The number of amides is 2. The van der Waals surface area contributed by atoms with Gasteiger partial charge in [0.25, 0.3) is 5.91 Å². The van der Waals surface area contributed by atoms with E-state index < -0.39 is 0 Å². The van der Waals surface area contributed by atoms with Crippen molar-refractivity contribution in [2.45, 2.75) is 24.7 Å². The van der Waals surface area contributed by atoms with Crippen LogP contribution in [0.5, 0.6) is 0 Å². The van der Waals surface area contributed by atoms with Crippen LogP contribution in [0.2, 0.25) is 4.34 Å². The van der Waals surface area contributed by atoms with Gasteiger partial charge in [-0.15, -0.1) is 23.1 Å². The second-order valence-corrected chi connectivity index (χ2v) is 8.69. The summed E-state index contributed by atoms with van der Waals surface area (Å²) >= 11 is 9.07. The van der Waals surface area contributed by atoms with E-state index in [1.165, 1.54) is 4.88 Å². The summed E-state index contributed by atoms with van der Waals surface area (Å²) in [5.41, 5.74) is 0. The Balaban J connectivity index is 1.37. The number of nitrogens with zero attached hydrogens (tertiary/aromatic N) is 2. The molecule has 0 bridgehead atoms. The summed E-state index contributed by atoms with van der Waals surface area (Å²) in [4.78, 5) is 29.4. The van der Waals surface area contributed by atoms with Crippen molar-refractivity contribution in [1.82, 2.24) is 9.80 Å². The van der Waals surface area contributed by atoms with Crippen LogP contribution in [0.15, 0.2) is 12.1 Å². The van der Waals surface area contributed by atoms with E-state index in [2.05, 4.69) is 0 Å². The highest BCUT2D eigenvalue weighted by Crippen LogP contribution is 2.25. The summed E-state index contributed by atoms with van der Waals surface area (Å²) in [7, 11) is 0. The van der Waals surface area contributed by atoms with Gasteiger partial charge in [0.15, 0.2) is 0 Å². The number of rotatable bonds is 5. The van der Waals surface area contributed by atoms with E-state index in [4.69, 9.17) is 16.3 Å². The number of ether oxygens (including phenoxy) is 1. The van der Waals surface area contributed by atoms with E-state index in [0.717, 1.165) is 22.9 Å². The average molecular weight is 389 g/mol. The van der Waals surface area contributed by atoms with Gasteiger partial charge in [-0.3, -0.25) is 9.59 Å². The Bertz CT molecular complexity index is 582. The molecule has 1 aromatic rings. The molecular weight excluding hydrogens is 368 g/mol. The highest BCUT2D eigenvalue weighted by molar-refractivity contribution is 7.99. The molecule has 2 amide bonds. The molecule has 2 aliphatic heterocycles. The maximum atomic E-state index is 12.3. The molecule has 132 valence electrons. The predicted molar refractivity (Wildman–Crippen MR) is 97.6 cm³/mol. The standard InChI is InChI=1S/C16H21ClN2O3S2/c17-14-4-3-12(24-14)10-23-11-15(20)18-5-7-19(8-6-18)16(21)13-2-1-9-22-13/h3-4,13H,1-2,5-11H2/t13-/m1/s1. The zero-order valence-electron chi connectivity index (χ0n) is 13.4. The van der Waals surface area contributed by atoms with Crippen molar-refractivity contribution in [3.63, 3.8) is 0 Å². The number of hydrogen-bond acceptors (Lipinski definition) is 5. The van der Waals surface area contributed by atoms with Gasteiger partial charge >= 0.3 is 0 Å². The van der Waals surface area contributed by atoms with Crippen LogP contribution in [-0.2, 0) is 20.1 Å². The van der Waals surface area contributed by atoms with Gasteiger partial charge in [0.05, 0.1) is 10.1 Å². The summed E-state index contributed by atoms with van der Waals surface area (Å²) in [5, 5.41) is 0. The quantitative estimate of drug-likeness (QED) is 0.777. The lowest BCUT2D eigenvalue weighted by atomic mass is 10.2. The molecule has 0 aliphatic carbocycles. The molecule has 0 radical (unpaired) electrons. The fourth-order valence-corrected chi connectivity index (χ4v) is 5.04. The Labute approximate surface area is 155 Å². The monoisotopic (exact) mass is 388 g/mol. The lowest BCUT2D eigenvalue weighted by Gasteiger charge is -2.35. The molecule has 2 aliphatic rings. The third-order valence-electron chi connectivity index (χ3n) is 4.25. The second kappa shape index (κ2) is 8.56. The summed E-state index contributed by atoms with van der Waals surface area (Å²) in [6.45, 7) is 3.12. The van der Waals surface area contributed by atoms with Gasteiger partial charge in [0, 0.05) is 43.4 Å². The van der Waals surface area contributed by atoms with Gasteiger partial charge in [0.2, 0.25) is 5.91 Å². The summed E-state index contributed by atoms with van der Waals surface area (Å²) in [6, 6.07) is 3.88. The van der Waals surface area contributed by atoms with Crippen molar-refractivity contribution in [2.24, 2.45) is 0 Å². The van der Waals surface area contributed by atoms with Gasteiger partial charge in [-0.25, -0.2) is 0 Å². The van der Waals surface area contributed by atoms with Crippen LogP contribution in [0.4, 0.5) is 0 Å². The molecule has 3 heterocycles. The molecule has 0 unspecified atom stereocenters. The van der Waals surface area contributed by atoms with Crippen LogP contribution in [0.1, 0.15) is 17.7 Å². The summed E-state index contributed by atoms with van der Waals surface area (Å²) in [6.07, 6.45) is 1.52. The molecule has 0 aromatic carbocycles. The first-order valence-electron chi connectivity index (χ1n) is 8.13. The lowest BCUT2D eigenvalue weighted by Crippen LogP contribution is -2.53. The minimum atomic E-state index is -0.263. The van der Waals surface area contributed by atoms with Gasteiger partial charge in [-0.1, -0.05) is 11.6 Å². The molecule has 1 atom stereocenters. The van der Waals surface area contributed by atoms with Crippen molar-refractivity contribution < 1.29 is 14.3 Å². The second-order valence-electron chi connectivity index (χ2n) is 5.91. The van der Waals surface area contributed by atoms with Gasteiger partial charge in [-0.05, 0) is 25.0 Å². The lowest BCUT2D eigenvalue weighted by molar-refractivity contribution is -0.145. The fourth-order valence-electron chi connectivity index (χ4n) is 2.91. The highest BCUT2D eigenvalue weighted by Gasteiger charge is 2.31. The van der Waals surface area contributed by atoms with Crippen molar-refractivity contribution in [3.05, 3.63) is 21.3 Å². The highest BCUT2D eigenvalue weighted by atomic mass is 35.5. The maximum Gasteiger partial charge on any atom is 0.251 e. The Hall–Kier alpha value is -0.760. The molecule has 5 nitrogen and oxygen atoms in total. The zero-order chi connectivity index (χ0) is 16.9. The molecular formula is C16H21ClN2O3S2. The van der Waals surface area contributed by atoms with Crippen molar-refractivity contribution in [2.75, 3.05) is 38.5 Å². The summed E-state index contributed by atoms with van der Waals surface area (Å²) in [5.74, 6) is 1.51. The van der Waals surface area contributed by atoms with E-state index in [-0.39, 0.29) is 17.9 Å². The van der Waals surface area contributed by atoms with Crippen molar-refractivity contribution in [1.29, 1.82) is 0 Å². The van der Waals surface area contributed by atoms with Crippen LogP contribution in [0.25, 0.3) is 0 Å². The largest absolute Gasteiger partial charge is 0.368 e. The topological polar surface area (TPSA) is 49.9 Å². The first kappa shape index (κ1) is 18.0. The minimum Gasteiger partial charge on any atom is -0.368 e. The van der Waals surface area contributed by atoms with Gasteiger partial charge in [-0.2, -0.15) is 0 Å². The smallest absolute Gasteiger partial charge is 0.251 e. The van der Waals surface area contributed by atoms with Crippen LogP contribution in [0.3, 0.4) is 0 Å². The van der Waals surface area contributed by atoms with Crippen LogP contribution in [-0.4, -0.2) is 66.3 Å². The van der Waals surface area contributed by atoms with Crippen LogP contribution >= 0.6 is 34.7 Å². The molecule has 0 N–H and O–H groups in total. The maximum absolute atomic E-state index is 12.3. The molecule has 1 aromatic heterocycles. The molecule has 0 spiro atoms. The van der Waals surface area contributed by atoms with Gasteiger partial charge in [0.1, 0.15) is 6.10 Å². The molecule has 3 rings (SSSR count). The number of halogens is 1. The number of hydrogen-bond donors (Lipinski definition) is 0. The molecule has 8 heteroatoms. The van der Waals surface area contributed by atoms with Crippen LogP contribution in [0, 0.1) is 0 Å². The van der Waals surface area contributed by atoms with E-state index in [1.807, 2.05) is 21.9 Å². The van der Waals surface area contributed by atoms with Gasteiger partial charge < -0.3 is 14.5 Å². The molecule has 2 saturated heterocycles. The first-order valence-corrected chi connectivity index (χ1v) is 10.5. The van der Waals surface area contributed by atoms with E-state index in [1.54, 1.807) is 23.1 Å². The first-order chi connectivity index (χ1) is 11.6. The molecule has 2 fully saturated rings. The Morgan fingerprint density at radius 1 is 1.25 bits per heavy atom. The fraction of sp³-hybridized carbons (Fsp3) is 0.625. The predicted octanol–water partition coefficient (Wildman–Crippen LogP) is 2.48. The number of thioether (sulfide) groups is 1. The van der Waals surface area contributed by atoms with Crippen molar-refractivity contribution >= 4 is 46.5 Å². The zero-order valence-corrected chi connectivity index (χ0v) is 15.8. The SMILES string of the molecule is O=C(CSCc1ccc(Cl)s1)N1CCN(C(=O)[C@H]2CCCO2)CC1.